The molecule has 1 heterocycles. The van der Waals surface area contributed by atoms with Crippen LogP contribution in [0.25, 0.3) is 0 Å². The molecule has 0 aromatic carbocycles. The summed E-state index contributed by atoms with van der Waals surface area (Å²) in [6.07, 6.45) is 1.29. The number of nitrogens with one attached hydrogen (secondary N) is 2. The maximum Gasteiger partial charge on any atom is 0.320 e. The first-order valence-electron chi connectivity index (χ1n) is 4.14. The molecule has 0 aliphatic heterocycles. The first-order chi connectivity index (χ1) is 7.08. The molecule has 0 aliphatic rings. The Kier molecular flexibility index (Phi) is 3.98. The smallest absolute Gasteiger partial charge is 0.320 e. The van der Waals surface area contributed by atoms with Crippen LogP contribution in [0.4, 0.5) is 9.80 Å². The number of anilines is 1. The van der Waals surface area contributed by atoms with E-state index in [1.807, 2.05) is 0 Å². The second kappa shape index (κ2) is 5.25. The molecule has 7 nitrogen and oxygen atoms in total. The second-order valence-electron chi connectivity index (χ2n) is 2.88. The van der Waals surface area contributed by atoms with Crippen molar-refractivity contribution < 1.29 is 14.7 Å². The molecule has 2 amide bonds. The highest BCUT2D eigenvalue weighted by atomic mass is 32.1. The molecule has 0 saturated heterocycles. The van der Waals surface area contributed by atoms with E-state index in [2.05, 4.69) is 20.2 Å². The van der Waals surface area contributed by atoms with Gasteiger partial charge in [0.05, 0.1) is 12.6 Å². The number of aliphatic carboxylic acids is 1. The Hall–Kier alpha value is -1.70. The number of amides is 2. The van der Waals surface area contributed by atoms with Crippen LogP contribution in [0.5, 0.6) is 0 Å². The molecule has 1 unspecified atom stereocenters. The minimum absolute atomic E-state index is 0.117. The Bertz CT molecular complexity index is 340. The standard InChI is InChI=1S/C7H10N4O3S/c1-4(2-6(12)13)9-7(14)10-5-3-8-11-15-5/h3-4H,2H2,1H3,(H,12,13)(H2,9,10,14). The van der Waals surface area contributed by atoms with E-state index < -0.39 is 18.0 Å². The number of aromatic nitrogens is 2. The van der Waals surface area contributed by atoms with Gasteiger partial charge in [-0.3, -0.25) is 10.1 Å². The SMILES string of the molecule is CC(CC(=O)O)NC(=O)Nc1cnns1. The minimum atomic E-state index is -0.956. The molecular formula is C7H10N4O3S. The summed E-state index contributed by atoms with van der Waals surface area (Å²) in [5.74, 6) is -0.956. The van der Waals surface area contributed by atoms with E-state index in [1.165, 1.54) is 6.20 Å². The summed E-state index contributed by atoms with van der Waals surface area (Å²) in [5.41, 5.74) is 0. The average molecular weight is 230 g/mol. The molecule has 0 aliphatic carbocycles. The zero-order chi connectivity index (χ0) is 11.3. The van der Waals surface area contributed by atoms with Gasteiger partial charge in [0, 0.05) is 17.6 Å². The molecule has 0 fully saturated rings. The number of carbonyl (C=O) groups excluding carboxylic acids is 1. The maximum atomic E-state index is 11.2. The molecular weight excluding hydrogens is 220 g/mol. The van der Waals surface area contributed by atoms with Gasteiger partial charge in [0.2, 0.25) is 0 Å². The predicted molar refractivity (Wildman–Crippen MR) is 53.8 cm³/mol. The lowest BCUT2D eigenvalue weighted by Crippen LogP contribution is -2.37. The van der Waals surface area contributed by atoms with Crippen LogP contribution in [-0.2, 0) is 4.79 Å². The second-order valence-corrected chi connectivity index (χ2v) is 3.66. The molecule has 15 heavy (non-hydrogen) atoms. The summed E-state index contributed by atoms with van der Waals surface area (Å²) in [7, 11) is 0. The van der Waals surface area contributed by atoms with E-state index in [9.17, 15) is 9.59 Å². The predicted octanol–water partition coefficient (Wildman–Crippen LogP) is 0.523. The third-order valence-corrected chi connectivity index (χ3v) is 2.04. The third kappa shape index (κ3) is 4.36. The monoisotopic (exact) mass is 230 g/mol. The Balaban J connectivity index is 2.33. The Labute approximate surface area is 89.7 Å². The summed E-state index contributed by atoms with van der Waals surface area (Å²) >= 11 is 1.04. The van der Waals surface area contributed by atoms with Crippen LogP contribution in [0.2, 0.25) is 0 Å². The van der Waals surface area contributed by atoms with Gasteiger partial charge in [-0.15, -0.1) is 5.10 Å². The van der Waals surface area contributed by atoms with E-state index in [0.29, 0.717) is 5.00 Å². The van der Waals surface area contributed by atoms with Crippen molar-refractivity contribution >= 4 is 28.5 Å². The van der Waals surface area contributed by atoms with Gasteiger partial charge in [0.25, 0.3) is 0 Å². The largest absolute Gasteiger partial charge is 0.481 e. The van der Waals surface area contributed by atoms with Gasteiger partial charge in [-0.25, -0.2) is 4.79 Å². The molecule has 0 spiro atoms. The van der Waals surface area contributed by atoms with Crippen LogP contribution in [-0.4, -0.2) is 32.7 Å². The van der Waals surface area contributed by atoms with E-state index in [4.69, 9.17) is 5.11 Å². The van der Waals surface area contributed by atoms with Crippen LogP contribution in [0, 0.1) is 0 Å². The lowest BCUT2D eigenvalue weighted by molar-refractivity contribution is -0.137. The van der Waals surface area contributed by atoms with Gasteiger partial charge < -0.3 is 10.4 Å². The van der Waals surface area contributed by atoms with Gasteiger partial charge in [-0.1, -0.05) is 4.49 Å². The van der Waals surface area contributed by atoms with Crippen molar-refractivity contribution in [2.24, 2.45) is 0 Å². The normalized spacial score (nSPS) is 11.8. The molecule has 0 saturated carbocycles. The number of carbonyl (C=O) groups is 2. The summed E-state index contributed by atoms with van der Waals surface area (Å²) in [4.78, 5) is 21.6. The van der Waals surface area contributed by atoms with Crippen LogP contribution >= 0.6 is 11.5 Å². The van der Waals surface area contributed by atoms with Gasteiger partial charge in [0.15, 0.2) is 0 Å². The summed E-state index contributed by atoms with van der Waals surface area (Å²) in [5, 5.41) is 17.5. The highest BCUT2D eigenvalue weighted by Gasteiger charge is 2.11. The summed E-state index contributed by atoms with van der Waals surface area (Å²) in [6.45, 7) is 1.61. The fourth-order valence-electron chi connectivity index (χ4n) is 0.907. The summed E-state index contributed by atoms with van der Waals surface area (Å²) in [6, 6.07) is -0.891. The Morgan fingerprint density at radius 3 is 2.93 bits per heavy atom. The highest BCUT2D eigenvalue weighted by molar-refractivity contribution is 7.10. The van der Waals surface area contributed by atoms with Crippen molar-refractivity contribution in [3.05, 3.63) is 6.20 Å². The number of urea groups is 1. The zero-order valence-electron chi connectivity index (χ0n) is 7.93. The van der Waals surface area contributed by atoms with E-state index in [1.54, 1.807) is 6.92 Å². The van der Waals surface area contributed by atoms with Gasteiger partial charge in [0.1, 0.15) is 5.00 Å². The first-order valence-corrected chi connectivity index (χ1v) is 4.92. The van der Waals surface area contributed by atoms with Crippen molar-refractivity contribution in [3.63, 3.8) is 0 Å². The number of carboxylic acid groups (broad SMARTS) is 1. The van der Waals surface area contributed by atoms with Gasteiger partial charge in [-0.05, 0) is 6.92 Å². The fourth-order valence-corrected chi connectivity index (χ4v) is 1.32. The zero-order valence-corrected chi connectivity index (χ0v) is 8.74. The molecule has 3 N–H and O–H groups in total. The average Bonchev–Trinajstić information content (AvgIpc) is 2.53. The van der Waals surface area contributed by atoms with Crippen LogP contribution in [0.3, 0.4) is 0 Å². The Morgan fingerprint density at radius 1 is 1.67 bits per heavy atom. The minimum Gasteiger partial charge on any atom is -0.481 e. The van der Waals surface area contributed by atoms with E-state index in [-0.39, 0.29) is 6.42 Å². The maximum absolute atomic E-state index is 11.2. The van der Waals surface area contributed by atoms with E-state index >= 15 is 0 Å². The molecule has 8 heteroatoms. The molecule has 1 aromatic heterocycles. The van der Waals surface area contributed by atoms with E-state index in [0.717, 1.165) is 11.5 Å². The van der Waals surface area contributed by atoms with Crippen molar-refractivity contribution in [1.29, 1.82) is 0 Å². The molecule has 0 bridgehead atoms. The summed E-state index contributed by atoms with van der Waals surface area (Å²) < 4.78 is 3.56. The van der Waals surface area contributed by atoms with Crippen LogP contribution < -0.4 is 10.6 Å². The molecule has 1 atom stereocenters. The van der Waals surface area contributed by atoms with Gasteiger partial charge >= 0.3 is 12.0 Å². The lowest BCUT2D eigenvalue weighted by Gasteiger charge is -2.10. The van der Waals surface area contributed by atoms with Gasteiger partial charge in [-0.2, -0.15) is 0 Å². The Morgan fingerprint density at radius 2 is 2.40 bits per heavy atom. The van der Waals surface area contributed by atoms with Crippen molar-refractivity contribution in [3.8, 4) is 0 Å². The molecule has 1 aromatic rings. The van der Waals surface area contributed by atoms with Crippen molar-refractivity contribution in [1.82, 2.24) is 14.9 Å². The molecule has 82 valence electrons. The number of rotatable bonds is 4. The molecule has 0 radical (unpaired) electrons. The van der Waals surface area contributed by atoms with Crippen LogP contribution in [0.15, 0.2) is 6.20 Å². The number of hydrogen-bond donors (Lipinski definition) is 3. The highest BCUT2D eigenvalue weighted by Crippen LogP contribution is 2.08. The quantitative estimate of drug-likeness (QED) is 0.699. The third-order valence-electron chi connectivity index (χ3n) is 1.46. The lowest BCUT2D eigenvalue weighted by atomic mass is 10.2. The number of carboxylic acids is 1. The van der Waals surface area contributed by atoms with Crippen LogP contribution in [0.1, 0.15) is 13.3 Å². The number of hydrogen-bond acceptors (Lipinski definition) is 5. The fraction of sp³-hybridized carbons (Fsp3) is 0.429. The first kappa shape index (κ1) is 11.4. The molecule has 1 rings (SSSR count). The van der Waals surface area contributed by atoms with Crippen molar-refractivity contribution in [2.45, 2.75) is 19.4 Å². The van der Waals surface area contributed by atoms with Crippen molar-refractivity contribution in [2.75, 3.05) is 5.32 Å². The topological polar surface area (TPSA) is 104 Å². The number of nitrogens with zero attached hydrogens (tertiary/aromatic N) is 2.